The van der Waals surface area contributed by atoms with Gasteiger partial charge in [-0.1, -0.05) is 73.7 Å². The van der Waals surface area contributed by atoms with Crippen molar-refractivity contribution < 1.29 is 44.6 Å². The highest BCUT2D eigenvalue weighted by Gasteiger charge is 2.59. The Hall–Kier alpha value is -3.97. The van der Waals surface area contributed by atoms with Crippen LogP contribution in [-0.4, -0.2) is 107 Å². The monoisotopic (exact) mass is 604 g/mol. The first kappa shape index (κ1) is 34.5. The second-order valence-electron chi connectivity index (χ2n) is 10.6. The van der Waals surface area contributed by atoms with E-state index in [4.69, 9.17) is 4.74 Å². The molecule has 44 heavy (non-hydrogen) atoms. The fourth-order valence-electron chi connectivity index (χ4n) is 5.27. The molecule has 0 fully saturated rings. The molecule has 13 heteroatoms. The molecule has 0 spiro atoms. The van der Waals surface area contributed by atoms with Gasteiger partial charge in [0.1, 0.15) is 18.3 Å². The van der Waals surface area contributed by atoms with E-state index in [0.29, 0.717) is 29.2 Å². The summed E-state index contributed by atoms with van der Waals surface area (Å²) in [5.41, 5.74) is 1.43. The Kier molecular flexibility index (Phi) is 11.9. The summed E-state index contributed by atoms with van der Waals surface area (Å²) in [6.07, 6.45) is 0.647. The number of benzene rings is 3. The predicted octanol–water partition coefficient (Wildman–Crippen LogP) is 1.69. The molecule has 2 unspecified atom stereocenters. The minimum Gasteiger partial charge on any atom is -0.492 e. The second kappa shape index (κ2) is 15.2. The van der Waals surface area contributed by atoms with Crippen molar-refractivity contribution in [3.63, 3.8) is 0 Å². The predicted molar refractivity (Wildman–Crippen MR) is 168 cm³/mol. The zero-order chi connectivity index (χ0) is 32.6. The van der Waals surface area contributed by atoms with Crippen molar-refractivity contribution >= 4 is 37.3 Å². The Morgan fingerprint density at radius 1 is 0.818 bits per heavy atom. The van der Waals surface area contributed by atoms with Gasteiger partial charge in [-0.25, -0.2) is 0 Å². The van der Waals surface area contributed by atoms with Crippen molar-refractivity contribution in [2.45, 2.75) is 24.7 Å². The van der Waals surface area contributed by atoms with Crippen LogP contribution in [0.2, 0.25) is 0 Å². The first-order valence-corrected chi connectivity index (χ1v) is 14.0. The molecule has 0 radical (unpaired) electrons. The van der Waals surface area contributed by atoms with E-state index in [9.17, 15) is 39.9 Å². The highest BCUT2D eigenvalue weighted by Crippen LogP contribution is 2.37. The maximum absolute atomic E-state index is 12.6. The third kappa shape index (κ3) is 7.39. The standard InChI is InChI=1S/C31H38B2N2O9/c1-5-26(21-9-7-6-8-10-21)27(23-13-17-25(18-14-23)44-20-19-34(2)3)22-11-15-24(16-12-22)31(30(38)39,33(42)43)35(4)28(29(36)37)32(40)41/h6-18,28,40-43H,5,19-20H2,1-4H3,(H,36,37)(H,38,39). The highest BCUT2D eigenvalue weighted by molar-refractivity contribution is 6.53. The second-order valence-corrected chi connectivity index (χ2v) is 10.6. The van der Waals surface area contributed by atoms with Crippen molar-refractivity contribution in [3.8, 4) is 5.75 Å². The lowest BCUT2D eigenvalue weighted by Crippen LogP contribution is -2.67. The highest BCUT2D eigenvalue weighted by atomic mass is 16.5. The van der Waals surface area contributed by atoms with Crippen molar-refractivity contribution in [2.24, 2.45) is 0 Å². The summed E-state index contributed by atoms with van der Waals surface area (Å²) in [6.45, 7) is 3.30. The quantitative estimate of drug-likeness (QED) is 0.110. The molecular weight excluding hydrogens is 566 g/mol. The summed E-state index contributed by atoms with van der Waals surface area (Å²) in [4.78, 5) is 27.0. The smallest absolute Gasteiger partial charge is 0.490 e. The molecule has 11 nitrogen and oxygen atoms in total. The van der Waals surface area contributed by atoms with Crippen LogP contribution in [0.4, 0.5) is 0 Å². The van der Waals surface area contributed by atoms with Crippen LogP contribution in [0.5, 0.6) is 5.75 Å². The lowest BCUT2D eigenvalue weighted by Gasteiger charge is -2.40. The summed E-state index contributed by atoms with van der Waals surface area (Å²) >= 11 is 0. The maximum Gasteiger partial charge on any atom is 0.490 e. The van der Waals surface area contributed by atoms with Crippen LogP contribution in [0.3, 0.4) is 0 Å². The van der Waals surface area contributed by atoms with E-state index in [-0.39, 0.29) is 5.56 Å². The number of aliphatic carboxylic acids is 2. The zero-order valence-electron chi connectivity index (χ0n) is 25.2. The van der Waals surface area contributed by atoms with E-state index in [2.05, 4.69) is 0 Å². The summed E-state index contributed by atoms with van der Waals surface area (Å²) in [7, 11) is -0.258. The Balaban J connectivity index is 2.18. The number of carboxylic acid groups (broad SMARTS) is 2. The van der Waals surface area contributed by atoms with Gasteiger partial charge < -0.3 is 39.9 Å². The normalized spacial score (nSPS) is 14.0. The fourth-order valence-corrected chi connectivity index (χ4v) is 5.27. The summed E-state index contributed by atoms with van der Waals surface area (Å²) in [5, 5.41) is 60.0. The molecule has 232 valence electrons. The first-order chi connectivity index (χ1) is 20.9. The Bertz CT molecular complexity index is 1430. The van der Waals surface area contributed by atoms with Gasteiger partial charge in [-0.05, 0) is 73.1 Å². The first-order valence-electron chi connectivity index (χ1n) is 14.0. The van der Waals surface area contributed by atoms with Gasteiger partial charge in [-0.15, -0.1) is 0 Å². The third-order valence-corrected chi connectivity index (χ3v) is 7.55. The van der Waals surface area contributed by atoms with Gasteiger partial charge in [-0.3, -0.25) is 14.5 Å². The number of carbonyl (C=O) groups is 2. The number of carboxylic acids is 2. The van der Waals surface area contributed by atoms with Crippen molar-refractivity contribution in [1.82, 2.24) is 9.80 Å². The zero-order valence-corrected chi connectivity index (χ0v) is 25.2. The van der Waals surface area contributed by atoms with Crippen LogP contribution in [0.1, 0.15) is 35.6 Å². The summed E-state index contributed by atoms with van der Waals surface area (Å²) in [5.74, 6) is -5.05. The van der Waals surface area contributed by atoms with E-state index in [1.807, 2.05) is 80.5 Å². The van der Waals surface area contributed by atoms with Crippen LogP contribution in [-0.2, 0) is 15.0 Å². The van der Waals surface area contributed by atoms with Crippen LogP contribution in [0.25, 0.3) is 11.1 Å². The van der Waals surface area contributed by atoms with Crippen LogP contribution in [0, 0.1) is 0 Å². The number of ether oxygens (including phenoxy) is 1. The fraction of sp³-hybridized carbons (Fsp3) is 0.290. The number of allylic oxidation sites excluding steroid dienone is 1. The molecule has 0 amide bonds. The molecule has 0 saturated heterocycles. The number of hydrogen-bond donors (Lipinski definition) is 6. The number of nitrogens with zero attached hydrogens (tertiary/aromatic N) is 2. The molecule has 0 bridgehead atoms. The molecule has 6 N–H and O–H groups in total. The van der Waals surface area contributed by atoms with Crippen molar-refractivity contribution in [3.05, 3.63) is 101 Å². The van der Waals surface area contributed by atoms with Gasteiger partial charge in [0.15, 0.2) is 5.44 Å². The van der Waals surface area contributed by atoms with Gasteiger partial charge in [0.25, 0.3) is 0 Å². The van der Waals surface area contributed by atoms with Crippen LogP contribution < -0.4 is 4.74 Å². The van der Waals surface area contributed by atoms with Crippen molar-refractivity contribution in [1.29, 1.82) is 0 Å². The summed E-state index contributed by atoms with van der Waals surface area (Å²) < 4.78 is 5.86. The van der Waals surface area contributed by atoms with E-state index in [0.717, 1.165) is 35.9 Å². The average molecular weight is 604 g/mol. The molecule has 3 rings (SSSR count). The van der Waals surface area contributed by atoms with Gasteiger partial charge in [0.05, 0.1) is 0 Å². The lowest BCUT2D eigenvalue weighted by molar-refractivity contribution is -0.152. The molecule has 0 aliphatic heterocycles. The van der Waals surface area contributed by atoms with E-state index in [1.165, 1.54) is 12.1 Å². The molecule has 2 atom stereocenters. The van der Waals surface area contributed by atoms with Crippen LogP contribution in [0.15, 0.2) is 78.9 Å². The molecule has 0 heterocycles. The molecule has 0 aromatic heterocycles. The molecule has 3 aromatic carbocycles. The SMILES string of the molecule is CCC(=C(c1ccc(OCCN(C)C)cc1)c1ccc(C(B(O)O)(C(=O)O)N(C)C(B(O)O)C(=O)O)cc1)c1ccccc1. The lowest BCUT2D eigenvalue weighted by atomic mass is 9.58. The Morgan fingerprint density at radius 2 is 1.36 bits per heavy atom. The van der Waals surface area contributed by atoms with E-state index >= 15 is 0 Å². The minimum absolute atomic E-state index is 0.181. The number of likely N-dealkylation sites (N-methyl/N-ethyl adjacent to an activating group) is 2. The van der Waals surface area contributed by atoms with Gasteiger partial charge >= 0.3 is 26.2 Å². The van der Waals surface area contributed by atoms with E-state index < -0.39 is 37.6 Å². The van der Waals surface area contributed by atoms with Gasteiger partial charge in [0.2, 0.25) is 0 Å². The van der Waals surface area contributed by atoms with E-state index in [1.54, 1.807) is 12.1 Å². The molecule has 0 saturated carbocycles. The molecular formula is C31H38B2N2O9. The molecule has 3 aromatic rings. The van der Waals surface area contributed by atoms with Gasteiger partial charge in [-0.2, -0.15) is 0 Å². The minimum atomic E-state index is -2.76. The molecule has 0 aliphatic carbocycles. The average Bonchev–Trinajstić information content (AvgIpc) is 2.97. The number of rotatable bonds is 15. The van der Waals surface area contributed by atoms with Crippen LogP contribution >= 0.6 is 0 Å². The third-order valence-electron chi connectivity index (χ3n) is 7.55. The topological polar surface area (TPSA) is 171 Å². The number of hydrogen-bond acceptors (Lipinski definition) is 9. The van der Waals surface area contributed by atoms with Crippen molar-refractivity contribution in [2.75, 3.05) is 34.3 Å². The Morgan fingerprint density at radius 3 is 1.80 bits per heavy atom. The molecule has 0 aliphatic rings. The maximum atomic E-state index is 12.6. The summed E-state index contributed by atoms with van der Waals surface area (Å²) in [6, 6.07) is 23.3. The Labute approximate surface area is 257 Å². The van der Waals surface area contributed by atoms with Gasteiger partial charge in [0, 0.05) is 6.54 Å². The largest absolute Gasteiger partial charge is 0.492 e.